The van der Waals surface area contributed by atoms with Crippen molar-refractivity contribution in [2.45, 2.75) is 18.0 Å². The van der Waals surface area contributed by atoms with Crippen LogP contribution in [0.5, 0.6) is 0 Å². The first-order valence-corrected chi connectivity index (χ1v) is 6.91. The molecule has 0 aliphatic heterocycles. The summed E-state index contributed by atoms with van der Waals surface area (Å²) in [7, 11) is 0. The molecule has 0 aliphatic carbocycles. The highest BCUT2D eigenvalue weighted by molar-refractivity contribution is 7.98. The Kier molecular flexibility index (Phi) is 4.66. The summed E-state index contributed by atoms with van der Waals surface area (Å²) in [6.45, 7) is 0. The lowest BCUT2D eigenvalue weighted by molar-refractivity contribution is -0.195. The van der Waals surface area contributed by atoms with E-state index in [4.69, 9.17) is 5.11 Å². The van der Waals surface area contributed by atoms with Crippen molar-refractivity contribution >= 4 is 11.8 Å². The van der Waals surface area contributed by atoms with Crippen molar-refractivity contribution in [3.63, 3.8) is 0 Å². The molecule has 1 N–H and O–H groups in total. The quantitative estimate of drug-likeness (QED) is 0.921. The number of hydrogen-bond acceptors (Lipinski definition) is 4. The maximum absolute atomic E-state index is 12.1. The molecule has 1 aromatic carbocycles. The van der Waals surface area contributed by atoms with E-state index in [0.717, 1.165) is 17.4 Å². The molecular formula is C12H12F3N3OS. The van der Waals surface area contributed by atoms with Crippen LogP contribution in [0.15, 0.2) is 36.7 Å². The van der Waals surface area contributed by atoms with Crippen LogP contribution in [0.3, 0.4) is 0 Å². The van der Waals surface area contributed by atoms with Gasteiger partial charge in [0.25, 0.3) is 0 Å². The molecule has 0 radical (unpaired) electrons. The van der Waals surface area contributed by atoms with Crippen molar-refractivity contribution in [1.29, 1.82) is 0 Å². The third-order valence-corrected chi connectivity index (χ3v) is 3.46. The van der Waals surface area contributed by atoms with Crippen molar-refractivity contribution < 1.29 is 18.3 Å². The summed E-state index contributed by atoms with van der Waals surface area (Å²) in [4.78, 5) is 4.02. The maximum Gasteiger partial charge on any atom is 0.415 e. The van der Waals surface area contributed by atoms with Gasteiger partial charge in [-0.25, -0.2) is 9.67 Å². The third-order valence-electron chi connectivity index (χ3n) is 2.44. The number of aliphatic hydroxyl groups is 1. The molecule has 1 aromatic heterocycles. The molecule has 0 fully saturated rings. The average Bonchev–Trinajstić information content (AvgIpc) is 2.87. The summed E-state index contributed by atoms with van der Waals surface area (Å²) in [5.41, 5.74) is 0.826. The number of rotatable bonds is 5. The summed E-state index contributed by atoms with van der Waals surface area (Å²) >= 11 is 0.942. The third kappa shape index (κ3) is 3.97. The minimum atomic E-state index is -4.58. The number of halogens is 3. The van der Waals surface area contributed by atoms with Crippen LogP contribution < -0.4 is 0 Å². The molecule has 108 valence electrons. The Hall–Kier alpha value is -1.54. The van der Waals surface area contributed by atoms with E-state index in [2.05, 4.69) is 10.1 Å². The molecule has 2 aromatic rings. The SMILES string of the molecule is OC(CSCc1ncn(-c2ccccc2)n1)C(F)(F)F. The fourth-order valence-corrected chi connectivity index (χ4v) is 2.27. The molecule has 20 heavy (non-hydrogen) atoms. The molecule has 4 nitrogen and oxygen atoms in total. The van der Waals surface area contributed by atoms with Gasteiger partial charge in [-0.1, -0.05) is 18.2 Å². The van der Waals surface area contributed by atoms with Crippen LogP contribution in [0.1, 0.15) is 5.82 Å². The van der Waals surface area contributed by atoms with E-state index in [1.807, 2.05) is 30.3 Å². The van der Waals surface area contributed by atoms with E-state index >= 15 is 0 Å². The van der Waals surface area contributed by atoms with Gasteiger partial charge in [-0.05, 0) is 12.1 Å². The van der Waals surface area contributed by atoms with Crippen molar-refractivity contribution in [1.82, 2.24) is 14.8 Å². The van der Waals surface area contributed by atoms with Gasteiger partial charge in [-0.15, -0.1) is 0 Å². The first kappa shape index (κ1) is 14.9. The number of nitrogens with zero attached hydrogens (tertiary/aromatic N) is 3. The Labute approximate surface area is 117 Å². The first-order valence-electron chi connectivity index (χ1n) is 5.75. The van der Waals surface area contributed by atoms with Gasteiger partial charge >= 0.3 is 6.18 Å². The van der Waals surface area contributed by atoms with E-state index < -0.39 is 18.0 Å². The topological polar surface area (TPSA) is 50.9 Å². The van der Waals surface area contributed by atoms with Crippen LogP contribution in [0.4, 0.5) is 13.2 Å². The van der Waals surface area contributed by atoms with Crippen molar-refractivity contribution in [2.24, 2.45) is 0 Å². The second-order valence-electron chi connectivity index (χ2n) is 4.01. The highest BCUT2D eigenvalue weighted by Crippen LogP contribution is 2.23. The molecule has 1 atom stereocenters. The predicted molar refractivity (Wildman–Crippen MR) is 69.6 cm³/mol. The lowest BCUT2D eigenvalue weighted by Gasteiger charge is -2.12. The van der Waals surface area contributed by atoms with Gasteiger partial charge in [-0.3, -0.25) is 0 Å². The summed E-state index contributed by atoms with van der Waals surface area (Å²) in [6, 6.07) is 9.27. The minimum absolute atomic E-state index is 0.215. The molecule has 0 spiro atoms. The Bertz CT molecular complexity index is 544. The number of thioether (sulfide) groups is 1. The lowest BCUT2D eigenvalue weighted by atomic mass is 10.3. The van der Waals surface area contributed by atoms with Gasteiger partial charge in [0.05, 0.1) is 11.4 Å². The molecule has 0 bridgehead atoms. The summed E-state index contributed by atoms with van der Waals surface area (Å²) in [5, 5.41) is 13.0. The average molecular weight is 303 g/mol. The fraction of sp³-hybridized carbons (Fsp3) is 0.333. The van der Waals surface area contributed by atoms with Crippen LogP contribution in [0.2, 0.25) is 0 Å². The molecule has 1 heterocycles. The van der Waals surface area contributed by atoms with Gasteiger partial charge in [0.1, 0.15) is 6.33 Å². The van der Waals surface area contributed by atoms with Crippen molar-refractivity contribution in [3.8, 4) is 5.69 Å². The summed E-state index contributed by atoms with van der Waals surface area (Å²) in [6.07, 6.45) is -5.39. The predicted octanol–water partition coefficient (Wildman–Crippen LogP) is 2.42. The molecule has 0 aliphatic rings. The van der Waals surface area contributed by atoms with Crippen LogP contribution in [-0.4, -0.2) is 37.9 Å². The largest absolute Gasteiger partial charge is 0.415 e. The highest BCUT2D eigenvalue weighted by atomic mass is 32.2. The van der Waals surface area contributed by atoms with Crippen LogP contribution in [-0.2, 0) is 5.75 Å². The Balaban J connectivity index is 1.88. The molecule has 0 saturated heterocycles. The standard InChI is InChI=1S/C12H12F3N3OS/c13-12(14,15)10(19)6-20-7-11-16-8-18(17-11)9-4-2-1-3-5-9/h1-5,8,10,19H,6-7H2. The zero-order valence-electron chi connectivity index (χ0n) is 10.3. The second-order valence-corrected chi connectivity index (χ2v) is 5.04. The van der Waals surface area contributed by atoms with Gasteiger partial charge in [0.15, 0.2) is 11.9 Å². The van der Waals surface area contributed by atoms with Crippen LogP contribution in [0.25, 0.3) is 5.69 Å². The number of aromatic nitrogens is 3. The smallest absolute Gasteiger partial charge is 0.383 e. The fourth-order valence-electron chi connectivity index (χ4n) is 1.42. The van der Waals surface area contributed by atoms with E-state index in [1.165, 1.54) is 6.33 Å². The van der Waals surface area contributed by atoms with Gasteiger partial charge in [-0.2, -0.15) is 30.0 Å². The van der Waals surface area contributed by atoms with E-state index in [0.29, 0.717) is 5.82 Å². The molecular weight excluding hydrogens is 291 g/mol. The highest BCUT2D eigenvalue weighted by Gasteiger charge is 2.37. The van der Waals surface area contributed by atoms with Gasteiger partial charge < -0.3 is 5.11 Å². The van der Waals surface area contributed by atoms with E-state index in [1.54, 1.807) is 4.68 Å². The molecule has 1 unspecified atom stereocenters. The molecule has 0 saturated carbocycles. The molecule has 8 heteroatoms. The number of alkyl halides is 3. The van der Waals surface area contributed by atoms with E-state index in [9.17, 15) is 13.2 Å². The summed E-state index contributed by atoms with van der Waals surface area (Å²) in [5.74, 6) is 0.212. The van der Waals surface area contributed by atoms with Crippen molar-refractivity contribution in [3.05, 3.63) is 42.5 Å². The van der Waals surface area contributed by atoms with Gasteiger partial charge in [0, 0.05) is 5.75 Å². The lowest BCUT2D eigenvalue weighted by Crippen LogP contribution is -2.30. The Morgan fingerprint density at radius 2 is 1.95 bits per heavy atom. The number of benzene rings is 1. The normalized spacial score (nSPS) is 13.4. The van der Waals surface area contributed by atoms with Crippen molar-refractivity contribution in [2.75, 3.05) is 5.75 Å². The number of hydrogen-bond donors (Lipinski definition) is 1. The van der Waals surface area contributed by atoms with Gasteiger partial charge in [0.2, 0.25) is 0 Å². The zero-order valence-corrected chi connectivity index (χ0v) is 11.1. The molecule has 0 amide bonds. The number of aliphatic hydroxyl groups excluding tert-OH is 1. The van der Waals surface area contributed by atoms with E-state index in [-0.39, 0.29) is 5.75 Å². The Morgan fingerprint density at radius 3 is 2.60 bits per heavy atom. The monoisotopic (exact) mass is 303 g/mol. The van der Waals surface area contributed by atoms with Crippen LogP contribution in [0, 0.1) is 0 Å². The molecule has 2 rings (SSSR count). The Morgan fingerprint density at radius 1 is 1.25 bits per heavy atom. The van der Waals surface area contributed by atoms with Crippen LogP contribution >= 0.6 is 11.8 Å². The first-order chi connectivity index (χ1) is 9.47. The number of para-hydroxylation sites is 1. The zero-order chi connectivity index (χ0) is 14.6. The second kappa shape index (κ2) is 6.27. The maximum atomic E-state index is 12.1. The summed E-state index contributed by atoms with van der Waals surface area (Å²) < 4.78 is 37.9. The minimum Gasteiger partial charge on any atom is -0.383 e.